The van der Waals surface area contributed by atoms with E-state index in [9.17, 15) is 9.18 Å². The third-order valence-corrected chi connectivity index (χ3v) is 4.11. The number of nitrogens with one attached hydrogen (secondary N) is 1. The monoisotopic (exact) mass is 253 g/mol. The summed E-state index contributed by atoms with van der Waals surface area (Å²) in [6, 6.07) is 4.34. The van der Waals surface area contributed by atoms with E-state index in [1.54, 1.807) is 6.07 Å². The topological polar surface area (TPSA) is 29.1 Å². The minimum absolute atomic E-state index is 0.0129. The summed E-state index contributed by atoms with van der Waals surface area (Å²) in [4.78, 5) is 11.9. The standard InChI is InChI=1S/C13H13ClFNO/c14-11-2-1-10(6-12(11)15)16-13(17)9-4-7-3-8(7)5-9/h1-2,6-9H,3-5H2,(H,16,17). The zero-order valence-corrected chi connectivity index (χ0v) is 10.0. The molecule has 2 atom stereocenters. The maximum atomic E-state index is 13.2. The quantitative estimate of drug-likeness (QED) is 0.859. The average molecular weight is 254 g/mol. The Labute approximate surface area is 104 Å². The molecule has 1 N–H and O–H groups in total. The molecule has 2 nitrogen and oxygen atoms in total. The third kappa shape index (κ3) is 2.16. The van der Waals surface area contributed by atoms with E-state index in [1.165, 1.54) is 18.6 Å². The Morgan fingerprint density at radius 1 is 1.29 bits per heavy atom. The van der Waals surface area contributed by atoms with E-state index in [0.29, 0.717) is 5.69 Å². The lowest BCUT2D eigenvalue weighted by Gasteiger charge is -2.12. The first-order valence-electron chi connectivity index (χ1n) is 5.89. The SMILES string of the molecule is O=C(Nc1ccc(Cl)c(F)c1)C1CC2CC2C1. The van der Waals surface area contributed by atoms with Gasteiger partial charge in [0.15, 0.2) is 0 Å². The first-order chi connectivity index (χ1) is 8.13. The number of rotatable bonds is 2. The molecular weight excluding hydrogens is 241 g/mol. The van der Waals surface area contributed by atoms with Gasteiger partial charge in [0, 0.05) is 11.6 Å². The van der Waals surface area contributed by atoms with Gasteiger partial charge in [-0.05, 0) is 49.3 Å². The van der Waals surface area contributed by atoms with Crippen molar-refractivity contribution in [3.05, 3.63) is 29.0 Å². The van der Waals surface area contributed by atoms with Gasteiger partial charge in [-0.15, -0.1) is 0 Å². The van der Waals surface area contributed by atoms with Crippen molar-refractivity contribution in [3.8, 4) is 0 Å². The molecule has 0 spiro atoms. The normalized spacial score (nSPS) is 29.9. The van der Waals surface area contributed by atoms with Crippen LogP contribution in [0.4, 0.5) is 10.1 Å². The van der Waals surface area contributed by atoms with Crippen LogP contribution in [-0.2, 0) is 4.79 Å². The summed E-state index contributed by atoms with van der Waals surface area (Å²) >= 11 is 5.58. The molecule has 90 valence electrons. The number of halogens is 2. The van der Waals surface area contributed by atoms with Crippen molar-refractivity contribution in [2.75, 3.05) is 5.32 Å². The van der Waals surface area contributed by atoms with Crippen molar-refractivity contribution < 1.29 is 9.18 Å². The summed E-state index contributed by atoms with van der Waals surface area (Å²) in [6.45, 7) is 0. The zero-order valence-electron chi connectivity index (χ0n) is 9.25. The van der Waals surface area contributed by atoms with Crippen molar-refractivity contribution in [2.45, 2.75) is 19.3 Å². The Hall–Kier alpha value is -1.09. The first kappa shape index (κ1) is 11.0. The van der Waals surface area contributed by atoms with E-state index < -0.39 is 5.82 Å². The second-order valence-electron chi connectivity index (χ2n) is 5.04. The van der Waals surface area contributed by atoms with E-state index in [2.05, 4.69) is 5.32 Å². The Bertz CT molecular complexity index is 466. The Kier molecular flexibility index (Phi) is 2.58. The molecule has 2 fully saturated rings. The Balaban J connectivity index is 1.65. The highest BCUT2D eigenvalue weighted by Crippen LogP contribution is 2.54. The van der Waals surface area contributed by atoms with Crippen LogP contribution in [0.1, 0.15) is 19.3 Å². The van der Waals surface area contributed by atoms with Crippen molar-refractivity contribution in [1.82, 2.24) is 0 Å². The fraction of sp³-hybridized carbons (Fsp3) is 0.462. The smallest absolute Gasteiger partial charge is 0.227 e. The zero-order chi connectivity index (χ0) is 12.0. The number of carbonyl (C=O) groups excluding carboxylic acids is 1. The van der Waals surface area contributed by atoms with Gasteiger partial charge in [0.25, 0.3) is 0 Å². The second kappa shape index (κ2) is 3.98. The third-order valence-electron chi connectivity index (χ3n) is 3.80. The summed E-state index contributed by atoms with van der Waals surface area (Å²) in [7, 11) is 0. The lowest BCUT2D eigenvalue weighted by atomic mass is 10.0. The predicted molar refractivity (Wildman–Crippen MR) is 64.4 cm³/mol. The highest BCUT2D eigenvalue weighted by atomic mass is 35.5. The maximum Gasteiger partial charge on any atom is 0.227 e. The van der Waals surface area contributed by atoms with E-state index in [4.69, 9.17) is 11.6 Å². The molecule has 2 saturated carbocycles. The molecule has 1 amide bonds. The summed E-state index contributed by atoms with van der Waals surface area (Å²) in [5, 5.41) is 2.83. The van der Waals surface area contributed by atoms with Crippen molar-refractivity contribution in [2.24, 2.45) is 17.8 Å². The largest absolute Gasteiger partial charge is 0.326 e. The highest BCUT2D eigenvalue weighted by molar-refractivity contribution is 6.30. The van der Waals surface area contributed by atoms with Crippen LogP contribution in [0.2, 0.25) is 5.02 Å². The van der Waals surface area contributed by atoms with Gasteiger partial charge in [0.05, 0.1) is 5.02 Å². The van der Waals surface area contributed by atoms with Crippen LogP contribution in [0.25, 0.3) is 0 Å². The summed E-state index contributed by atoms with van der Waals surface area (Å²) < 4.78 is 13.2. The lowest BCUT2D eigenvalue weighted by molar-refractivity contribution is -0.120. The van der Waals surface area contributed by atoms with Gasteiger partial charge < -0.3 is 5.32 Å². The fourth-order valence-electron chi connectivity index (χ4n) is 2.75. The van der Waals surface area contributed by atoms with Crippen molar-refractivity contribution in [1.29, 1.82) is 0 Å². The predicted octanol–water partition coefficient (Wildman–Crippen LogP) is 3.46. The van der Waals surface area contributed by atoms with Gasteiger partial charge in [0.2, 0.25) is 5.91 Å². The van der Waals surface area contributed by atoms with Crippen LogP contribution >= 0.6 is 11.6 Å². The second-order valence-corrected chi connectivity index (χ2v) is 5.45. The van der Waals surface area contributed by atoms with E-state index in [1.807, 2.05) is 0 Å². The van der Waals surface area contributed by atoms with E-state index >= 15 is 0 Å². The number of fused-ring (bicyclic) bond motifs is 1. The van der Waals surface area contributed by atoms with Crippen LogP contribution in [0.5, 0.6) is 0 Å². The van der Waals surface area contributed by atoms with Crippen LogP contribution in [0, 0.1) is 23.6 Å². The van der Waals surface area contributed by atoms with Crippen LogP contribution in [0.3, 0.4) is 0 Å². The number of benzene rings is 1. The van der Waals surface area contributed by atoms with Crippen LogP contribution in [0.15, 0.2) is 18.2 Å². The minimum atomic E-state index is -0.501. The Morgan fingerprint density at radius 2 is 2.00 bits per heavy atom. The van der Waals surface area contributed by atoms with Gasteiger partial charge in [0.1, 0.15) is 5.82 Å². The molecule has 0 bridgehead atoms. The molecule has 1 aromatic carbocycles. The number of amides is 1. The molecule has 2 aliphatic rings. The molecule has 17 heavy (non-hydrogen) atoms. The maximum absolute atomic E-state index is 13.2. The molecule has 3 rings (SSSR count). The van der Waals surface area contributed by atoms with Gasteiger partial charge in [-0.1, -0.05) is 11.6 Å². The fourth-order valence-corrected chi connectivity index (χ4v) is 2.86. The molecule has 0 aromatic heterocycles. The molecule has 0 saturated heterocycles. The lowest BCUT2D eigenvalue weighted by Crippen LogP contribution is -2.21. The van der Waals surface area contributed by atoms with Gasteiger partial charge in [-0.25, -0.2) is 4.39 Å². The molecule has 2 aliphatic carbocycles. The number of hydrogen-bond acceptors (Lipinski definition) is 1. The summed E-state index contributed by atoms with van der Waals surface area (Å²) in [5.74, 6) is 1.16. The average Bonchev–Trinajstić information content (AvgIpc) is 2.91. The Morgan fingerprint density at radius 3 is 2.65 bits per heavy atom. The molecule has 0 aliphatic heterocycles. The summed E-state index contributed by atoms with van der Waals surface area (Å²) in [5.41, 5.74) is 0.484. The number of carbonyl (C=O) groups is 1. The molecule has 0 radical (unpaired) electrons. The number of hydrogen-bond donors (Lipinski definition) is 1. The van der Waals surface area contributed by atoms with Crippen molar-refractivity contribution in [3.63, 3.8) is 0 Å². The highest BCUT2D eigenvalue weighted by Gasteiger charge is 2.47. The minimum Gasteiger partial charge on any atom is -0.326 e. The molecule has 2 unspecified atom stereocenters. The molecule has 4 heteroatoms. The van der Waals surface area contributed by atoms with Gasteiger partial charge in [-0.2, -0.15) is 0 Å². The molecule has 0 heterocycles. The molecule has 1 aromatic rings. The summed E-state index contributed by atoms with van der Waals surface area (Å²) in [6.07, 6.45) is 3.28. The van der Waals surface area contributed by atoms with Gasteiger partial charge in [-0.3, -0.25) is 4.79 Å². The van der Waals surface area contributed by atoms with Crippen LogP contribution < -0.4 is 5.32 Å². The van der Waals surface area contributed by atoms with Crippen molar-refractivity contribution >= 4 is 23.2 Å². The van der Waals surface area contributed by atoms with E-state index in [0.717, 1.165) is 24.7 Å². The number of anilines is 1. The molecular formula is C13H13ClFNO. The van der Waals surface area contributed by atoms with E-state index in [-0.39, 0.29) is 16.8 Å². The first-order valence-corrected chi connectivity index (χ1v) is 6.27. The van der Waals surface area contributed by atoms with Crippen LogP contribution in [-0.4, -0.2) is 5.91 Å². The van der Waals surface area contributed by atoms with Gasteiger partial charge >= 0.3 is 0 Å².